The molecule has 0 N–H and O–H groups in total. The van der Waals surface area contributed by atoms with E-state index >= 15 is 0 Å². The van der Waals surface area contributed by atoms with E-state index in [4.69, 9.17) is 17.0 Å². The first-order valence-corrected chi connectivity index (χ1v) is 3.92. The Balaban J connectivity index is 2.84. The summed E-state index contributed by atoms with van der Waals surface area (Å²) < 4.78 is 16.9. The topological polar surface area (TPSA) is 9.23 Å². The molecule has 0 aliphatic heterocycles. The monoisotopic (exact) mass is 184 g/mol. The van der Waals surface area contributed by atoms with Crippen molar-refractivity contribution in [3.05, 3.63) is 35.4 Å². The quantitative estimate of drug-likeness (QED) is 0.653. The molecular weight excluding hydrogens is 175 g/mol. The molecule has 3 heteroatoms. The second-order valence-electron chi connectivity index (χ2n) is 2.32. The number of hydrogen-bond donors (Lipinski definition) is 0. The van der Waals surface area contributed by atoms with E-state index in [0.29, 0.717) is 10.6 Å². The van der Waals surface area contributed by atoms with Crippen LogP contribution in [0.1, 0.15) is 11.1 Å². The molecule has 0 radical (unpaired) electrons. The highest BCUT2D eigenvalue weighted by Gasteiger charge is 1.99. The van der Waals surface area contributed by atoms with E-state index in [0.717, 1.165) is 5.56 Å². The molecule has 0 fully saturated rings. The van der Waals surface area contributed by atoms with E-state index in [2.05, 4.69) is 0 Å². The molecule has 0 amide bonds. The van der Waals surface area contributed by atoms with Gasteiger partial charge in [0.1, 0.15) is 6.67 Å². The number of thiocarbonyl (C=S) groups is 1. The van der Waals surface area contributed by atoms with E-state index in [-0.39, 0.29) is 0 Å². The van der Waals surface area contributed by atoms with Gasteiger partial charge in [0.05, 0.1) is 7.11 Å². The highest BCUT2D eigenvalue weighted by atomic mass is 32.1. The molecule has 0 saturated carbocycles. The summed E-state index contributed by atoms with van der Waals surface area (Å²) in [4.78, 5) is 0. The second-order valence-corrected chi connectivity index (χ2v) is 2.69. The van der Waals surface area contributed by atoms with Crippen LogP contribution in [0.25, 0.3) is 0 Å². The molecule has 1 aromatic rings. The normalized spacial score (nSPS) is 9.50. The van der Waals surface area contributed by atoms with Gasteiger partial charge in [-0.25, -0.2) is 4.39 Å². The summed E-state index contributed by atoms with van der Waals surface area (Å²) in [6, 6.07) is 6.89. The Morgan fingerprint density at radius 1 is 1.42 bits per heavy atom. The van der Waals surface area contributed by atoms with E-state index < -0.39 is 6.67 Å². The summed E-state index contributed by atoms with van der Waals surface area (Å²) in [6.07, 6.45) is 0. The first-order chi connectivity index (χ1) is 5.77. The molecule has 1 nitrogen and oxygen atoms in total. The van der Waals surface area contributed by atoms with Crippen LogP contribution in [0.15, 0.2) is 24.3 Å². The largest absolute Gasteiger partial charge is 0.486 e. The highest BCUT2D eigenvalue weighted by molar-refractivity contribution is 7.80. The van der Waals surface area contributed by atoms with Gasteiger partial charge < -0.3 is 4.74 Å². The Hall–Kier alpha value is -0.960. The van der Waals surface area contributed by atoms with E-state index in [9.17, 15) is 4.39 Å². The van der Waals surface area contributed by atoms with Crippen LogP contribution in [-0.2, 0) is 11.4 Å². The fraction of sp³-hybridized carbons (Fsp3) is 0.222. The first-order valence-electron chi connectivity index (χ1n) is 3.51. The fourth-order valence-electron chi connectivity index (χ4n) is 0.848. The zero-order valence-electron chi connectivity index (χ0n) is 6.71. The molecule has 64 valence electrons. The van der Waals surface area contributed by atoms with Crippen molar-refractivity contribution in [2.75, 3.05) is 7.11 Å². The van der Waals surface area contributed by atoms with Crippen LogP contribution >= 0.6 is 12.2 Å². The van der Waals surface area contributed by atoms with Gasteiger partial charge in [0.25, 0.3) is 0 Å². The molecule has 0 atom stereocenters. The number of methoxy groups -OCH3 is 1. The third-order valence-electron chi connectivity index (χ3n) is 1.53. The molecule has 1 rings (SSSR count). The first kappa shape index (κ1) is 9.13. The van der Waals surface area contributed by atoms with Gasteiger partial charge in [0.15, 0.2) is 5.05 Å². The molecule has 0 saturated heterocycles. The van der Waals surface area contributed by atoms with Gasteiger partial charge in [-0.1, -0.05) is 12.1 Å². The minimum atomic E-state index is -0.444. The predicted molar refractivity (Wildman–Crippen MR) is 50.0 cm³/mol. The minimum Gasteiger partial charge on any atom is -0.486 e. The van der Waals surface area contributed by atoms with Crippen molar-refractivity contribution >= 4 is 17.3 Å². The summed E-state index contributed by atoms with van der Waals surface area (Å²) in [7, 11) is 1.52. The summed E-state index contributed by atoms with van der Waals surface area (Å²) in [5.41, 5.74) is 1.46. The van der Waals surface area contributed by atoms with Crippen LogP contribution in [0.2, 0.25) is 0 Å². The standard InChI is InChI=1S/C9H9FOS/c1-11-9(12)8-4-2-7(6-10)3-5-8/h2-5H,6H2,1H3. The molecule has 0 heterocycles. The lowest BCUT2D eigenvalue weighted by Crippen LogP contribution is -1.98. The molecule has 0 bridgehead atoms. The van der Waals surface area contributed by atoms with Gasteiger partial charge in [-0.2, -0.15) is 0 Å². The van der Waals surface area contributed by atoms with Crippen LogP contribution in [-0.4, -0.2) is 12.2 Å². The lowest BCUT2D eigenvalue weighted by molar-refractivity contribution is 0.416. The maximum atomic E-state index is 12.1. The lowest BCUT2D eigenvalue weighted by atomic mass is 10.1. The van der Waals surface area contributed by atoms with Crippen molar-refractivity contribution in [1.29, 1.82) is 0 Å². The van der Waals surface area contributed by atoms with Crippen LogP contribution in [0.5, 0.6) is 0 Å². The third kappa shape index (κ3) is 2.01. The van der Waals surface area contributed by atoms with Gasteiger partial charge in [-0.05, 0) is 29.9 Å². The average molecular weight is 184 g/mol. The van der Waals surface area contributed by atoms with Crippen LogP contribution in [0.4, 0.5) is 4.39 Å². The maximum absolute atomic E-state index is 12.1. The van der Waals surface area contributed by atoms with Crippen molar-refractivity contribution in [3.63, 3.8) is 0 Å². The van der Waals surface area contributed by atoms with Crippen molar-refractivity contribution in [1.82, 2.24) is 0 Å². The van der Waals surface area contributed by atoms with Gasteiger partial charge in [0, 0.05) is 5.56 Å². The van der Waals surface area contributed by atoms with Gasteiger partial charge in [-0.3, -0.25) is 0 Å². The maximum Gasteiger partial charge on any atom is 0.190 e. The molecule has 0 aliphatic rings. The Kier molecular flexibility index (Phi) is 3.17. The smallest absolute Gasteiger partial charge is 0.190 e. The number of ether oxygens (including phenoxy) is 1. The molecular formula is C9H9FOS. The molecule has 0 spiro atoms. The van der Waals surface area contributed by atoms with E-state index in [1.54, 1.807) is 24.3 Å². The third-order valence-corrected chi connectivity index (χ3v) is 1.93. The van der Waals surface area contributed by atoms with E-state index in [1.807, 2.05) is 0 Å². The average Bonchev–Trinajstić information content (AvgIpc) is 2.17. The number of benzene rings is 1. The highest BCUT2D eigenvalue weighted by Crippen LogP contribution is 2.07. The van der Waals surface area contributed by atoms with Gasteiger partial charge in [0.2, 0.25) is 0 Å². The predicted octanol–water partition coefficient (Wildman–Crippen LogP) is 2.48. The lowest BCUT2D eigenvalue weighted by Gasteiger charge is -2.01. The number of hydrogen-bond acceptors (Lipinski definition) is 2. The fourth-order valence-corrected chi connectivity index (χ4v) is 0.984. The minimum absolute atomic E-state index is 0.431. The second kappa shape index (κ2) is 4.16. The van der Waals surface area contributed by atoms with E-state index in [1.165, 1.54) is 7.11 Å². The molecule has 0 aromatic heterocycles. The van der Waals surface area contributed by atoms with Crippen molar-refractivity contribution in [2.45, 2.75) is 6.67 Å². The summed E-state index contributed by atoms with van der Waals surface area (Å²) in [6.45, 7) is -0.444. The van der Waals surface area contributed by atoms with Crippen LogP contribution in [0.3, 0.4) is 0 Å². The number of rotatable bonds is 2. The Labute approximate surface area is 76.2 Å². The zero-order chi connectivity index (χ0) is 8.97. The van der Waals surface area contributed by atoms with Crippen LogP contribution in [0, 0.1) is 0 Å². The van der Waals surface area contributed by atoms with Gasteiger partial charge >= 0.3 is 0 Å². The SMILES string of the molecule is COC(=S)c1ccc(CF)cc1. The van der Waals surface area contributed by atoms with Crippen molar-refractivity contribution < 1.29 is 9.13 Å². The summed E-state index contributed by atoms with van der Waals surface area (Å²) >= 11 is 4.89. The zero-order valence-corrected chi connectivity index (χ0v) is 7.53. The van der Waals surface area contributed by atoms with Gasteiger partial charge in [-0.15, -0.1) is 0 Å². The Bertz CT molecular complexity index is 268. The Morgan fingerprint density at radius 2 is 2.00 bits per heavy atom. The molecule has 0 unspecified atom stereocenters. The van der Waals surface area contributed by atoms with Crippen LogP contribution < -0.4 is 0 Å². The summed E-state index contributed by atoms with van der Waals surface area (Å²) in [5, 5.41) is 0.431. The number of halogens is 1. The van der Waals surface area contributed by atoms with Crippen molar-refractivity contribution in [2.24, 2.45) is 0 Å². The molecule has 0 aliphatic carbocycles. The van der Waals surface area contributed by atoms with Crippen molar-refractivity contribution in [3.8, 4) is 0 Å². The molecule has 12 heavy (non-hydrogen) atoms. The molecule has 1 aromatic carbocycles. The number of alkyl halides is 1. The Morgan fingerprint density at radius 3 is 2.42 bits per heavy atom. The summed E-state index contributed by atoms with van der Waals surface area (Å²) in [5.74, 6) is 0.